The number of rotatable bonds is 8. The molecule has 0 fully saturated rings. The molecule has 0 saturated heterocycles. The zero-order valence-corrected chi connectivity index (χ0v) is 14.9. The Labute approximate surface area is 146 Å². The largest absolute Gasteiger partial charge is 0.493 e. The summed E-state index contributed by atoms with van der Waals surface area (Å²) in [4.78, 5) is -0.299. The van der Waals surface area contributed by atoms with Gasteiger partial charge in [-0.05, 0) is 48.9 Å². The third kappa shape index (κ3) is 5.85. The summed E-state index contributed by atoms with van der Waals surface area (Å²) < 4.78 is 67.6. The highest BCUT2D eigenvalue weighted by molar-refractivity contribution is 7.86. The average Bonchev–Trinajstić information content (AvgIpc) is 2.47. The molecule has 10 heteroatoms. The van der Waals surface area contributed by atoms with Crippen molar-refractivity contribution < 1.29 is 30.7 Å². The Balaban J connectivity index is 2.13. The zero-order chi connectivity index (χ0) is 18.7. The SMILES string of the molecule is Nc1ccc2c(OCCCCCS(=O)(=O)O)cc(S(=O)(=O)O)cc2c1. The first-order chi connectivity index (χ1) is 11.6. The van der Waals surface area contributed by atoms with Crippen molar-refractivity contribution in [2.45, 2.75) is 24.2 Å². The Morgan fingerprint density at radius 3 is 2.32 bits per heavy atom. The van der Waals surface area contributed by atoms with E-state index >= 15 is 0 Å². The highest BCUT2D eigenvalue weighted by Gasteiger charge is 2.14. The van der Waals surface area contributed by atoms with E-state index in [1.165, 1.54) is 12.1 Å². The number of unbranched alkanes of at least 4 members (excludes halogenated alkanes) is 2. The normalized spacial score (nSPS) is 12.4. The maximum absolute atomic E-state index is 11.4. The minimum atomic E-state index is -4.40. The number of nitrogens with two attached hydrogens (primary N) is 1. The minimum absolute atomic E-state index is 0.222. The average molecular weight is 389 g/mol. The molecule has 25 heavy (non-hydrogen) atoms. The van der Waals surface area contributed by atoms with E-state index in [0.29, 0.717) is 35.7 Å². The molecule has 0 atom stereocenters. The van der Waals surface area contributed by atoms with Crippen LogP contribution in [0.1, 0.15) is 19.3 Å². The number of benzene rings is 2. The van der Waals surface area contributed by atoms with Crippen LogP contribution >= 0.6 is 0 Å². The van der Waals surface area contributed by atoms with Gasteiger partial charge in [0, 0.05) is 17.1 Å². The molecule has 2 aromatic rings. The summed E-state index contributed by atoms with van der Waals surface area (Å²) in [6.45, 7) is 0.222. The van der Waals surface area contributed by atoms with Crippen LogP contribution in [0.5, 0.6) is 5.75 Å². The van der Waals surface area contributed by atoms with E-state index < -0.39 is 20.2 Å². The van der Waals surface area contributed by atoms with Crippen molar-refractivity contribution in [2.24, 2.45) is 0 Å². The summed E-state index contributed by atoms with van der Waals surface area (Å²) in [5.41, 5.74) is 6.14. The van der Waals surface area contributed by atoms with Gasteiger partial charge in [0.2, 0.25) is 0 Å². The molecule has 138 valence electrons. The van der Waals surface area contributed by atoms with Gasteiger partial charge in [-0.2, -0.15) is 16.8 Å². The van der Waals surface area contributed by atoms with Crippen molar-refractivity contribution in [1.29, 1.82) is 0 Å². The van der Waals surface area contributed by atoms with Gasteiger partial charge in [0.1, 0.15) is 5.75 Å². The molecule has 2 aromatic carbocycles. The fourth-order valence-corrected chi connectivity index (χ4v) is 3.44. The molecule has 0 spiro atoms. The number of hydrogen-bond donors (Lipinski definition) is 3. The summed E-state index contributed by atoms with van der Waals surface area (Å²) >= 11 is 0. The Hall–Kier alpha value is -1.88. The Morgan fingerprint density at radius 2 is 1.68 bits per heavy atom. The summed E-state index contributed by atoms with van der Waals surface area (Å²) in [6.07, 6.45) is 1.33. The van der Waals surface area contributed by atoms with Crippen molar-refractivity contribution in [3.05, 3.63) is 30.3 Å². The van der Waals surface area contributed by atoms with E-state index in [9.17, 15) is 21.4 Å². The number of anilines is 1. The second-order valence-corrected chi connectivity index (χ2v) is 8.57. The van der Waals surface area contributed by atoms with Crippen LogP contribution in [-0.2, 0) is 20.2 Å². The molecule has 0 unspecified atom stereocenters. The lowest BCUT2D eigenvalue weighted by Gasteiger charge is -2.11. The van der Waals surface area contributed by atoms with Crippen LogP contribution in [0.15, 0.2) is 35.2 Å². The summed E-state index contributed by atoms with van der Waals surface area (Å²) in [7, 11) is -8.37. The maximum Gasteiger partial charge on any atom is 0.294 e. The van der Waals surface area contributed by atoms with Crippen molar-refractivity contribution in [2.75, 3.05) is 18.1 Å². The van der Waals surface area contributed by atoms with Crippen LogP contribution < -0.4 is 10.5 Å². The lowest BCUT2D eigenvalue weighted by Crippen LogP contribution is -2.05. The van der Waals surface area contributed by atoms with Gasteiger partial charge in [0.05, 0.1) is 17.3 Å². The molecule has 0 bridgehead atoms. The highest BCUT2D eigenvalue weighted by atomic mass is 32.2. The predicted molar refractivity (Wildman–Crippen MR) is 93.9 cm³/mol. The van der Waals surface area contributed by atoms with E-state index in [2.05, 4.69) is 0 Å². The van der Waals surface area contributed by atoms with E-state index in [0.717, 1.165) is 0 Å². The second kappa shape index (κ2) is 7.56. The Bertz CT molecular complexity index is 969. The van der Waals surface area contributed by atoms with E-state index in [1.54, 1.807) is 18.2 Å². The quantitative estimate of drug-likeness (QED) is 0.354. The molecule has 8 nitrogen and oxygen atoms in total. The standard InChI is InChI=1S/C15H19NO7S2/c16-12-4-5-14-11(8-12)9-13(25(20,21)22)10-15(14)23-6-2-1-3-7-24(17,18)19/h4-5,8-10H,1-3,6-7,16H2,(H,17,18,19)(H,20,21,22). The molecule has 4 N–H and O–H groups in total. The van der Waals surface area contributed by atoms with Gasteiger partial charge in [-0.15, -0.1) is 0 Å². The minimum Gasteiger partial charge on any atom is -0.493 e. The third-order valence-corrected chi connectivity index (χ3v) is 5.15. The lowest BCUT2D eigenvalue weighted by molar-refractivity contribution is 0.308. The van der Waals surface area contributed by atoms with Crippen molar-refractivity contribution >= 4 is 36.7 Å². The number of hydrogen-bond acceptors (Lipinski definition) is 6. The van der Waals surface area contributed by atoms with Crippen LogP contribution in [-0.4, -0.2) is 38.3 Å². The summed E-state index contributed by atoms with van der Waals surface area (Å²) in [6, 6.07) is 7.44. The van der Waals surface area contributed by atoms with Crippen LogP contribution in [0.2, 0.25) is 0 Å². The van der Waals surface area contributed by atoms with Gasteiger partial charge in [0.25, 0.3) is 20.2 Å². The third-order valence-electron chi connectivity index (χ3n) is 3.51. The molecule has 0 amide bonds. The summed E-state index contributed by atoms with van der Waals surface area (Å²) in [5.74, 6) is -0.0344. The molecule has 0 aliphatic rings. The molecular weight excluding hydrogens is 370 g/mol. The molecule has 0 radical (unpaired) electrons. The number of fused-ring (bicyclic) bond motifs is 1. The topological polar surface area (TPSA) is 144 Å². The van der Waals surface area contributed by atoms with Gasteiger partial charge in [0.15, 0.2) is 0 Å². The summed E-state index contributed by atoms with van der Waals surface area (Å²) in [5, 5.41) is 1.15. The van der Waals surface area contributed by atoms with Crippen LogP contribution in [0.3, 0.4) is 0 Å². The fraction of sp³-hybridized carbons (Fsp3) is 0.333. The van der Waals surface area contributed by atoms with Gasteiger partial charge in [-0.1, -0.05) is 0 Å². The fourth-order valence-electron chi connectivity index (χ4n) is 2.34. The number of ether oxygens (including phenoxy) is 1. The van der Waals surface area contributed by atoms with Crippen molar-refractivity contribution in [3.8, 4) is 5.75 Å². The van der Waals surface area contributed by atoms with Gasteiger partial charge in [-0.3, -0.25) is 9.11 Å². The van der Waals surface area contributed by atoms with Crippen LogP contribution in [0.4, 0.5) is 5.69 Å². The molecule has 0 aromatic heterocycles. The zero-order valence-electron chi connectivity index (χ0n) is 13.3. The molecule has 0 aliphatic carbocycles. The van der Waals surface area contributed by atoms with Crippen molar-refractivity contribution in [1.82, 2.24) is 0 Å². The maximum atomic E-state index is 11.4. The van der Waals surface area contributed by atoms with Gasteiger partial charge < -0.3 is 10.5 Å². The number of nitrogen functional groups attached to an aromatic ring is 1. The first-order valence-electron chi connectivity index (χ1n) is 7.45. The highest BCUT2D eigenvalue weighted by Crippen LogP contribution is 2.31. The van der Waals surface area contributed by atoms with E-state index in [4.69, 9.17) is 15.0 Å². The lowest BCUT2D eigenvalue weighted by atomic mass is 10.1. The Kier molecular flexibility index (Phi) is 5.88. The second-order valence-electron chi connectivity index (χ2n) is 5.57. The van der Waals surface area contributed by atoms with Gasteiger partial charge >= 0.3 is 0 Å². The molecule has 0 saturated carbocycles. The molecule has 2 rings (SSSR count). The predicted octanol–water partition coefficient (Wildman–Crippen LogP) is 2.11. The van der Waals surface area contributed by atoms with Crippen molar-refractivity contribution in [3.63, 3.8) is 0 Å². The van der Waals surface area contributed by atoms with E-state index in [-0.39, 0.29) is 23.0 Å². The smallest absolute Gasteiger partial charge is 0.294 e. The molecule has 0 aliphatic heterocycles. The first-order valence-corrected chi connectivity index (χ1v) is 10.5. The van der Waals surface area contributed by atoms with Crippen LogP contribution in [0.25, 0.3) is 10.8 Å². The molecular formula is C15H19NO7S2. The first kappa shape index (κ1) is 19.4. The Morgan fingerprint density at radius 1 is 0.960 bits per heavy atom. The van der Waals surface area contributed by atoms with Crippen LogP contribution in [0, 0.1) is 0 Å². The molecule has 0 heterocycles. The van der Waals surface area contributed by atoms with E-state index in [1.807, 2.05) is 0 Å². The monoisotopic (exact) mass is 389 g/mol. The van der Waals surface area contributed by atoms with Gasteiger partial charge in [-0.25, -0.2) is 0 Å².